The van der Waals surface area contributed by atoms with Gasteiger partial charge in [-0.3, -0.25) is 20.2 Å². The Hall–Kier alpha value is -2.84. The number of benzene rings is 2. The van der Waals surface area contributed by atoms with Crippen LogP contribution in [0, 0.1) is 20.2 Å². The van der Waals surface area contributed by atoms with E-state index >= 15 is 0 Å². The van der Waals surface area contributed by atoms with Crippen LogP contribution in [0.1, 0.15) is 47.2 Å². The second kappa shape index (κ2) is 7.19. The van der Waals surface area contributed by atoms with Crippen molar-refractivity contribution < 1.29 is 9.85 Å². The number of fused-ring (bicyclic) bond motifs is 2. The summed E-state index contributed by atoms with van der Waals surface area (Å²) in [5.74, 6) is 0. The van der Waals surface area contributed by atoms with Crippen LogP contribution in [0.25, 0.3) is 0 Å². The van der Waals surface area contributed by atoms with Gasteiger partial charge in [0.25, 0.3) is 11.4 Å². The van der Waals surface area contributed by atoms with Gasteiger partial charge in [-0.05, 0) is 47.9 Å². The van der Waals surface area contributed by atoms with Crippen LogP contribution < -0.4 is 11.5 Å². The van der Waals surface area contributed by atoms with Crippen molar-refractivity contribution in [1.82, 2.24) is 0 Å². The molecule has 8 heteroatoms. The molecule has 0 radical (unpaired) electrons. The van der Waals surface area contributed by atoms with Crippen LogP contribution in [0.5, 0.6) is 0 Å². The first-order chi connectivity index (χ1) is 12.4. The van der Waals surface area contributed by atoms with Gasteiger partial charge in [-0.25, -0.2) is 0 Å². The van der Waals surface area contributed by atoms with Crippen LogP contribution in [0.3, 0.4) is 0 Å². The molecule has 0 fully saturated rings. The fraction of sp³-hybridized carbons (Fsp3) is 0.333. The van der Waals surface area contributed by atoms with Gasteiger partial charge in [-0.2, -0.15) is 0 Å². The zero-order valence-corrected chi connectivity index (χ0v) is 14.1. The molecule has 4 N–H and O–H groups in total. The smallest absolute Gasteiger partial charge is 0.269 e. The molecule has 26 heavy (non-hydrogen) atoms. The summed E-state index contributed by atoms with van der Waals surface area (Å²) in [7, 11) is 0. The van der Waals surface area contributed by atoms with E-state index < -0.39 is 0 Å². The highest BCUT2D eigenvalue weighted by Gasteiger charge is 2.22. The molecule has 0 heterocycles. The quantitative estimate of drug-likeness (QED) is 0.626. The fourth-order valence-electron chi connectivity index (χ4n) is 3.47. The molecule has 0 spiro atoms. The summed E-state index contributed by atoms with van der Waals surface area (Å²) in [5.41, 5.74) is 16.0. The number of nitrogens with two attached hydrogens (primary N) is 2. The lowest BCUT2D eigenvalue weighted by Gasteiger charge is -2.03. The molecule has 2 unspecified atom stereocenters. The van der Waals surface area contributed by atoms with Crippen molar-refractivity contribution in [3.63, 3.8) is 0 Å². The summed E-state index contributed by atoms with van der Waals surface area (Å²) >= 11 is 0. The lowest BCUT2D eigenvalue weighted by Crippen LogP contribution is -2.05. The summed E-state index contributed by atoms with van der Waals surface area (Å²) in [5, 5.41) is 20.9. The van der Waals surface area contributed by atoms with Gasteiger partial charge in [-0.15, -0.1) is 0 Å². The van der Waals surface area contributed by atoms with Crippen LogP contribution in [-0.2, 0) is 12.8 Å². The monoisotopic (exact) mass is 356 g/mol. The van der Waals surface area contributed by atoms with Gasteiger partial charge < -0.3 is 11.5 Å². The summed E-state index contributed by atoms with van der Waals surface area (Å²) < 4.78 is 0. The summed E-state index contributed by atoms with van der Waals surface area (Å²) in [6.07, 6.45) is 3.68. The highest BCUT2D eigenvalue weighted by atomic mass is 16.6. The maximum absolute atomic E-state index is 10.5. The van der Waals surface area contributed by atoms with Crippen LogP contribution in [0.15, 0.2) is 36.4 Å². The maximum atomic E-state index is 10.5. The van der Waals surface area contributed by atoms with Crippen LogP contribution in [0.2, 0.25) is 0 Å². The summed E-state index contributed by atoms with van der Waals surface area (Å²) in [4.78, 5) is 20.2. The first-order valence-corrected chi connectivity index (χ1v) is 8.42. The molecule has 2 aliphatic rings. The lowest BCUT2D eigenvalue weighted by atomic mass is 10.1. The first-order valence-electron chi connectivity index (χ1n) is 8.42. The number of nitrogens with zero attached hydrogens (tertiary/aromatic N) is 2. The molecule has 136 valence electrons. The Morgan fingerprint density at radius 3 is 1.50 bits per heavy atom. The average Bonchev–Trinajstić information content (AvgIpc) is 3.18. The summed E-state index contributed by atoms with van der Waals surface area (Å²) in [6.45, 7) is 0. The van der Waals surface area contributed by atoms with Crippen molar-refractivity contribution in [3.05, 3.63) is 78.9 Å². The minimum absolute atomic E-state index is 0.0186. The van der Waals surface area contributed by atoms with E-state index in [0.29, 0.717) is 0 Å². The second-order valence-electron chi connectivity index (χ2n) is 6.57. The third-order valence-corrected chi connectivity index (χ3v) is 4.93. The van der Waals surface area contributed by atoms with Gasteiger partial charge >= 0.3 is 0 Å². The van der Waals surface area contributed by atoms with Crippen LogP contribution in [0.4, 0.5) is 11.4 Å². The molecule has 2 aliphatic carbocycles. The van der Waals surface area contributed by atoms with Gasteiger partial charge in [0.05, 0.1) is 9.85 Å². The zero-order chi connectivity index (χ0) is 18.8. The molecule has 4 rings (SSSR count). The van der Waals surface area contributed by atoms with Crippen LogP contribution in [-0.4, -0.2) is 9.85 Å². The van der Waals surface area contributed by atoms with E-state index in [2.05, 4.69) is 0 Å². The van der Waals surface area contributed by atoms with Crippen molar-refractivity contribution in [1.29, 1.82) is 0 Å². The highest BCUT2D eigenvalue weighted by molar-refractivity contribution is 5.44. The fourth-order valence-corrected chi connectivity index (χ4v) is 3.47. The molecule has 2 atom stereocenters. The third kappa shape index (κ3) is 3.56. The zero-order valence-electron chi connectivity index (χ0n) is 14.1. The number of aryl methyl sites for hydroxylation is 2. The molecule has 2 aromatic rings. The Morgan fingerprint density at radius 2 is 1.15 bits per heavy atom. The number of hydrogen-bond acceptors (Lipinski definition) is 6. The van der Waals surface area contributed by atoms with E-state index in [1.54, 1.807) is 24.3 Å². The van der Waals surface area contributed by atoms with Gasteiger partial charge in [0.2, 0.25) is 0 Å². The van der Waals surface area contributed by atoms with E-state index in [4.69, 9.17) is 11.5 Å². The van der Waals surface area contributed by atoms with Crippen molar-refractivity contribution in [3.8, 4) is 0 Å². The largest absolute Gasteiger partial charge is 0.324 e. The molecule has 0 aliphatic heterocycles. The maximum Gasteiger partial charge on any atom is 0.269 e. The van der Waals surface area contributed by atoms with E-state index in [1.165, 1.54) is 12.1 Å². The standard InChI is InChI=1S/2C9H10N2O2/c2*10-9-4-2-6-1-3-7(11(12)13)5-8(6)9/h2*1,3,5,9H,2,4,10H2. The number of hydrogen-bond donors (Lipinski definition) is 2. The minimum atomic E-state index is -0.384. The van der Waals surface area contributed by atoms with Crippen molar-refractivity contribution in [2.45, 2.75) is 37.8 Å². The second-order valence-corrected chi connectivity index (χ2v) is 6.57. The Balaban J connectivity index is 0.000000151. The van der Waals surface area contributed by atoms with E-state index in [1.807, 2.05) is 0 Å². The molecule has 0 saturated carbocycles. The van der Waals surface area contributed by atoms with Crippen molar-refractivity contribution in [2.75, 3.05) is 0 Å². The molecule has 2 aromatic carbocycles. The number of nitro benzene ring substituents is 2. The minimum Gasteiger partial charge on any atom is -0.324 e. The van der Waals surface area contributed by atoms with Crippen LogP contribution >= 0.6 is 0 Å². The van der Waals surface area contributed by atoms with E-state index in [9.17, 15) is 20.2 Å². The predicted molar refractivity (Wildman–Crippen MR) is 96.7 cm³/mol. The van der Waals surface area contributed by atoms with Gasteiger partial charge in [0.15, 0.2) is 0 Å². The summed E-state index contributed by atoms with van der Waals surface area (Å²) in [6, 6.07) is 9.83. The van der Waals surface area contributed by atoms with Gasteiger partial charge in [0, 0.05) is 36.3 Å². The number of nitro groups is 2. The van der Waals surface area contributed by atoms with Crippen molar-refractivity contribution in [2.24, 2.45) is 11.5 Å². The van der Waals surface area contributed by atoms with Gasteiger partial charge in [-0.1, -0.05) is 12.1 Å². The van der Waals surface area contributed by atoms with E-state index in [-0.39, 0.29) is 33.3 Å². The molecule has 8 nitrogen and oxygen atoms in total. The Bertz CT molecular complexity index is 797. The number of rotatable bonds is 2. The average molecular weight is 356 g/mol. The molecular weight excluding hydrogens is 336 g/mol. The molecule has 0 aromatic heterocycles. The normalized spacial score (nSPS) is 19.9. The predicted octanol–water partition coefficient (Wildman–Crippen LogP) is 3.08. The molecule has 0 saturated heterocycles. The highest BCUT2D eigenvalue weighted by Crippen LogP contribution is 2.32. The molecular formula is C18H20N4O4. The topological polar surface area (TPSA) is 138 Å². The third-order valence-electron chi connectivity index (χ3n) is 4.93. The van der Waals surface area contributed by atoms with E-state index in [0.717, 1.165) is 47.9 Å². The Labute approximate surface area is 150 Å². The number of non-ortho nitro benzene ring substituents is 2. The lowest BCUT2D eigenvalue weighted by molar-refractivity contribution is -0.385. The Kier molecular flexibility index (Phi) is 4.97. The molecule has 0 amide bonds. The first kappa shape index (κ1) is 18.0. The molecule has 0 bridgehead atoms. The van der Waals surface area contributed by atoms with Gasteiger partial charge in [0.1, 0.15) is 0 Å². The van der Waals surface area contributed by atoms with Crippen molar-refractivity contribution >= 4 is 11.4 Å². The SMILES string of the molecule is NC1CCc2ccc([N+](=O)[O-])cc21.NC1CCc2ccc([N+](=O)[O-])cc21. The Morgan fingerprint density at radius 1 is 0.769 bits per heavy atom.